The van der Waals surface area contributed by atoms with Gasteiger partial charge in [0.25, 0.3) is 0 Å². The Morgan fingerprint density at radius 3 is 2.36 bits per heavy atom. The number of nitrogens with zero attached hydrogens (tertiary/aromatic N) is 3. The number of amides is 1. The molecule has 7 heteroatoms. The second-order valence-electron chi connectivity index (χ2n) is 6.79. The van der Waals surface area contributed by atoms with Gasteiger partial charge in [-0.15, -0.1) is 24.8 Å². The van der Waals surface area contributed by atoms with Crippen LogP contribution in [0.2, 0.25) is 0 Å². The fourth-order valence-corrected chi connectivity index (χ4v) is 3.76. The van der Waals surface area contributed by atoms with Gasteiger partial charge in [0, 0.05) is 45.3 Å². The number of piperazine rings is 1. The van der Waals surface area contributed by atoms with Gasteiger partial charge >= 0.3 is 0 Å². The monoisotopic (exact) mass is 388 g/mol. The van der Waals surface area contributed by atoms with Crippen LogP contribution in [-0.4, -0.2) is 80.0 Å². The smallest absolute Gasteiger partial charge is 0.244 e. The lowest BCUT2D eigenvalue weighted by molar-refractivity contribution is -0.135. The van der Waals surface area contributed by atoms with Crippen LogP contribution in [-0.2, 0) is 4.79 Å². The molecule has 1 aromatic carbocycles. The Hall–Kier alpha value is -0.850. The lowest BCUT2D eigenvalue weighted by Crippen LogP contribution is -2.49. The number of hydrogen-bond donors (Lipinski definition) is 1. The van der Waals surface area contributed by atoms with Gasteiger partial charge in [0.2, 0.25) is 5.91 Å². The normalized spacial score (nSPS) is 22.2. The Morgan fingerprint density at radius 2 is 1.76 bits per heavy atom. The van der Waals surface area contributed by atoms with E-state index in [2.05, 4.69) is 15.1 Å². The standard InChI is InChI=1S/C18H28N4O.2ClH/c1-20(2)17(15-6-4-3-5-7-15)18(23)22-11-8-16(14-22)21-12-9-19-10-13-21;;/h3-7,16-17,19H,8-14H2,1-2H3;2*1H. The zero-order chi connectivity index (χ0) is 16.2. The van der Waals surface area contributed by atoms with Crippen molar-refractivity contribution in [3.8, 4) is 0 Å². The highest BCUT2D eigenvalue weighted by atomic mass is 35.5. The van der Waals surface area contributed by atoms with Crippen LogP contribution in [0.25, 0.3) is 0 Å². The molecule has 5 nitrogen and oxygen atoms in total. The summed E-state index contributed by atoms with van der Waals surface area (Å²) >= 11 is 0. The van der Waals surface area contributed by atoms with Crippen LogP contribution in [0.3, 0.4) is 0 Å². The van der Waals surface area contributed by atoms with Crippen molar-refractivity contribution in [2.75, 3.05) is 53.4 Å². The lowest BCUT2D eigenvalue weighted by Gasteiger charge is -2.33. The van der Waals surface area contributed by atoms with Gasteiger partial charge in [0.15, 0.2) is 0 Å². The highest BCUT2D eigenvalue weighted by molar-refractivity contribution is 5.85. The molecule has 2 aliphatic heterocycles. The van der Waals surface area contributed by atoms with Gasteiger partial charge in [0.05, 0.1) is 0 Å². The molecule has 2 atom stereocenters. The maximum Gasteiger partial charge on any atom is 0.244 e. The van der Waals surface area contributed by atoms with E-state index in [1.54, 1.807) is 0 Å². The number of carbonyl (C=O) groups is 1. The maximum absolute atomic E-state index is 13.1. The third kappa shape index (κ3) is 5.31. The summed E-state index contributed by atoms with van der Waals surface area (Å²) in [7, 11) is 3.97. The molecule has 2 unspecified atom stereocenters. The van der Waals surface area contributed by atoms with Crippen molar-refractivity contribution in [1.82, 2.24) is 20.0 Å². The van der Waals surface area contributed by atoms with Crippen LogP contribution in [0.15, 0.2) is 30.3 Å². The van der Waals surface area contributed by atoms with Crippen LogP contribution in [0.5, 0.6) is 0 Å². The average molecular weight is 389 g/mol. The summed E-state index contributed by atoms with van der Waals surface area (Å²) < 4.78 is 0. The van der Waals surface area contributed by atoms with Gasteiger partial charge in [-0.1, -0.05) is 30.3 Å². The molecule has 1 amide bonds. The van der Waals surface area contributed by atoms with Crippen molar-refractivity contribution in [3.05, 3.63) is 35.9 Å². The first-order chi connectivity index (χ1) is 11.2. The molecule has 1 N–H and O–H groups in total. The molecule has 3 rings (SSSR count). The fraction of sp³-hybridized carbons (Fsp3) is 0.611. The van der Waals surface area contributed by atoms with Crippen molar-refractivity contribution in [2.45, 2.75) is 18.5 Å². The maximum atomic E-state index is 13.1. The summed E-state index contributed by atoms with van der Waals surface area (Å²) in [5.41, 5.74) is 1.08. The number of halogens is 2. The number of likely N-dealkylation sites (N-methyl/N-ethyl adjacent to an activating group) is 1. The molecular weight excluding hydrogens is 359 g/mol. The van der Waals surface area contributed by atoms with E-state index in [9.17, 15) is 4.79 Å². The van der Waals surface area contributed by atoms with Gasteiger partial charge in [-0.05, 0) is 26.1 Å². The number of nitrogens with one attached hydrogen (secondary N) is 1. The predicted molar refractivity (Wildman–Crippen MR) is 107 cm³/mol. The van der Waals surface area contributed by atoms with Gasteiger partial charge in [-0.3, -0.25) is 14.6 Å². The van der Waals surface area contributed by atoms with E-state index in [1.165, 1.54) is 0 Å². The second kappa shape index (κ2) is 10.3. The zero-order valence-electron chi connectivity index (χ0n) is 15.1. The summed E-state index contributed by atoms with van der Waals surface area (Å²) in [5.74, 6) is 0.235. The molecule has 0 aromatic heterocycles. The van der Waals surface area contributed by atoms with Crippen molar-refractivity contribution in [2.24, 2.45) is 0 Å². The van der Waals surface area contributed by atoms with E-state index in [0.717, 1.165) is 51.3 Å². The number of benzene rings is 1. The minimum Gasteiger partial charge on any atom is -0.339 e. The molecular formula is C18H30Cl2N4O. The first kappa shape index (κ1) is 22.2. The topological polar surface area (TPSA) is 38.8 Å². The Labute approximate surface area is 163 Å². The molecule has 2 saturated heterocycles. The lowest BCUT2D eigenvalue weighted by atomic mass is 10.0. The third-order valence-corrected chi connectivity index (χ3v) is 5.01. The van der Waals surface area contributed by atoms with E-state index >= 15 is 0 Å². The van der Waals surface area contributed by atoms with E-state index in [0.29, 0.717) is 6.04 Å². The quantitative estimate of drug-likeness (QED) is 0.850. The van der Waals surface area contributed by atoms with Crippen LogP contribution < -0.4 is 5.32 Å². The van der Waals surface area contributed by atoms with Gasteiger partial charge in [0.1, 0.15) is 6.04 Å². The highest BCUT2D eigenvalue weighted by Crippen LogP contribution is 2.24. The second-order valence-corrected chi connectivity index (χ2v) is 6.79. The van der Waals surface area contributed by atoms with Gasteiger partial charge in [-0.25, -0.2) is 0 Å². The van der Waals surface area contributed by atoms with Crippen LogP contribution in [0.1, 0.15) is 18.0 Å². The highest BCUT2D eigenvalue weighted by Gasteiger charge is 2.35. The molecule has 0 saturated carbocycles. The molecule has 0 spiro atoms. The summed E-state index contributed by atoms with van der Waals surface area (Å²) in [5, 5.41) is 3.40. The summed E-state index contributed by atoms with van der Waals surface area (Å²) in [6, 6.07) is 10.5. The summed E-state index contributed by atoms with van der Waals surface area (Å²) in [4.78, 5) is 19.7. The molecule has 2 aliphatic rings. The van der Waals surface area contributed by atoms with Crippen LogP contribution >= 0.6 is 24.8 Å². The molecule has 25 heavy (non-hydrogen) atoms. The van der Waals surface area contributed by atoms with Crippen LogP contribution in [0.4, 0.5) is 0 Å². The Morgan fingerprint density at radius 1 is 1.12 bits per heavy atom. The average Bonchev–Trinajstić information content (AvgIpc) is 3.06. The molecule has 0 radical (unpaired) electrons. The van der Waals surface area contributed by atoms with Crippen molar-refractivity contribution < 1.29 is 4.79 Å². The van der Waals surface area contributed by atoms with Crippen molar-refractivity contribution >= 4 is 30.7 Å². The number of hydrogen-bond acceptors (Lipinski definition) is 4. The third-order valence-electron chi connectivity index (χ3n) is 5.01. The Balaban J connectivity index is 0.00000156. The minimum atomic E-state index is -0.182. The molecule has 2 heterocycles. The van der Waals surface area contributed by atoms with Crippen molar-refractivity contribution in [1.29, 1.82) is 0 Å². The molecule has 1 aromatic rings. The van der Waals surface area contributed by atoms with E-state index in [4.69, 9.17) is 0 Å². The summed E-state index contributed by atoms with van der Waals surface area (Å²) in [6.45, 7) is 6.08. The van der Waals surface area contributed by atoms with Gasteiger partial charge in [-0.2, -0.15) is 0 Å². The van der Waals surface area contributed by atoms with Gasteiger partial charge < -0.3 is 10.2 Å². The molecule has 2 fully saturated rings. The Kier molecular flexibility index (Phi) is 9.17. The minimum absolute atomic E-state index is 0. The zero-order valence-corrected chi connectivity index (χ0v) is 16.7. The summed E-state index contributed by atoms with van der Waals surface area (Å²) in [6.07, 6.45) is 1.10. The molecule has 142 valence electrons. The van der Waals surface area contributed by atoms with Crippen molar-refractivity contribution in [3.63, 3.8) is 0 Å². The Bertz CT molecular complexity index is 523. The SMILES string of the molecule is CN(C)C(C(=O)N1CCC(N2CCNCC2)C1)c1ccccc1.Cl.Cl. The van der Waals surface area contributed by atoms with Crippen LogP contribution in [0, 0.1) is 0 Å². The first-order valence-corrected chi connectivity index (χ1v) is 8.62. The fourth-order valence-electron chi connectivity index (χ4n) is 3.76. The number of likely N-dealkylation sites (tertiary alicyclic amines) is 1. The molecule has 0 bridgehead atoms. The van der Waals surface area contributed by atoms with E-state index < -0.39 is 0 Å². The number of rotatable bonds is 4. The molecule has 0 aliphatic carbocycles. The largest absolute Gasteiger partial charge is 0.339 e. The predicted octanol–water partition coefficient (Wildman–Crippen LogP) is 1.64. The van der Waals surface area contributed by atoms with E-state index in [1.807, 2.05) is 49.3 Å². The number of carbonyl (C=O) groups excluding carboxylic acids is 1. The van der Waals surface area contributed by atoms with E-state index in [-0.39, 0.29) is 36.8 Å². The first-order valence-electron chi connectivity index (χ1n) is 8.62.